The van der Waals surface area contributed by atoms with Crippen LogP contribution in [0, 0.1) is 0 Å². The second kappa shape index (κ2) is 9.18. The summed E-state index contributed by atoms with van der Waals surface area (Å²) in [7, 11) is 0. The molecule has 0 saturated heterocycles. The maximum absolute atomic E-state index is 12.1. The molecule has 0 fully saturated rings. The van der Waals surface area contributed by atoms with Crippen LogP contribution >= 0.6 is 23.8 Å². The van der Waals surface area contributed by atoms with Crippen molar-refractivity contribution in [3.63, 3.8) is 0 Å². The number of nitrogens with two attached hydrogens (primary N) is 1. The van der Waals surface area contributed by atoms with E-state index in [1.54, 1.807) is 48.5 Å². The third-order valence-electron chi connectivity index (χ3n) is 3.83. The lowest BCUT2D eigenvalue weighted by molar-refractivity contribution is -0.115. The number of primary amides is 1. The molecular formula is C21H16ClN3O3S. The zero-order chi connectivity index (χ0) is 20.8. The number of amides is 2. The van der Waals surface area contributed by atoms with E-state index in [1.807, 2.05) is 12.1 Å². The molecule has 3 rings (SSSR count). The summed E-state index contributed by atoms with van der Waals surface area (Å²) in [5, 5.41) is 5.95. The minimum Gasteiger partial charge on any atom is -0.457 e. The molecule has 2 amide bonds. The molecule has 0 unspecified atom stereocenters. The first-order chi connectivity index (χ1) is 13.9. The number of carbonyl (C=O) groups is 2. The summed E-state index contributed by atoms with van der Waals surface area (Å²) in [5.41, 5.74) is 6.87. The average Bonchev–Trinajstić information content (AvgIpc) is 3.16. The largest absolute Gasteiger partial charge is 0.457 e. The summed E-state index contributed by atoms with van der Waals surface area (Å²) < 4.78 is 5.69. The van der Waals surface area contributed by atoms with Gasteiger partial charge in [-0.05, 0) is 66.8 Å². The Morgan fingerprint density at radius 2 is 1.76 bits per heavy atom. The van der Waals surface area contributed by atoms with E-state index in [1.165, 1.54) is 12.2 Å². The Balaban J connectivity index is 1.59. The Morgan fingerprint density at radius 3 is 2.48 bits per heavy atom. The van der Waals surface area contributed by atoms with Crippen molar-refractivity contribution in [1.82, 2.24) is 5.32 Å². The van der Waals surface area contributed by atoms with Gasteiger partial charge in [0.1, 0.15) is 11.5 Å². The lowest BCUT2D eigenvalue weighted by Crippen LogP contribution is -2.33. The van der Waals surface area contributed by atoms with Gasteiger partial charge in [0.25, 0.3) is 5.91 Å². The zero-order valence-electron chi connectivity index (χ0n) is 15.0. The molecule has 1 aromatic heterocycles. The molecule has 4 N–H and O–H groups in total. The standard InChI is InChI=1S/C21H16ClN3O3S/c22-14-7-5-13(6-8-14)18-11-9-15(28-18)10-12-19(26)25-21(29)24-17-4-2-1-3-16(17)20(23)27/h1-12H,(H2,23,27)(H2,24,25,26,29). The van der Waals surface area contributed by atoms with Crippen molar-refractivity contribution in [1.29, 1.82) is 0 Å². The highest BCUT2D eigenvalue weighted by Crippen LogP contribution is 2.24. The number of furan rings is 1. The van der Waals surface area contributed by atoms with Crippen molar-refractivity contribution in [2.24, 2.45) is 5.73 Å². The molecule has 29 heavy (non-hydrogen) atoms. The number of para-hydroxylation sites is 1. The van der Waals surface area contributed by atoms with Crippen LogP contribution in [0.4, 0.5) is 5.69 Å². The number of hydrogen-bond acceptors (Lipinski definition) is 4. The van der Waals surface area contributed by atoms with Gasteiger partial charge in [-0.1, -0.05) is 23.7 Å². The zero-order valence-corrected chi connectivity index (χ0v) is 16.6. The predicted molar refractivity (Wildman–Crippen MR) is 118 cm³/mol. The second-order valence-electron chi connectivity index (χ2n) is 5.90. The fraction of sp³-hybridized carbons (Fsp3) is 0. The molecule has 0 aliphatic rings. The number of carbonyl (C=O) groups excluding carboxylic acids is 2. The SMILES string of the molecule is NC(=O)c1ccccc1NC(=S)NC(=O)C=Cc1ccc(-c2ccc(Cl)cc2)o1. The van der Waals surface area contributed by atoms with Crippen LogP contribution in [0.5, 0.6) is 0 Å². The van der Waals surface area contributed by atoms with E-state index in [4.69, 9.17) is 34.0 Å². The number of anilines is 1. The van der Waals surface area contributed by atoms with Crippen molar-refractivity contribution >= 4 is 52.5 Å². The van der Waals surface area contributed by atoms with E-state index in [0.717, 1.165) is 5.56 Å². The van der Waals surface area contributed by atoms with Crippen LogP contribution < -0.4 is 16.4 Å². The predicted octanol–water partition coefficient (Wildman–Crippen LogP) is 4.23. The number of halogens is 1. The number of benzene rings is 2. The molecule has 6 nitrogen and oxygen atoms in total. The van der Waals surface area contributed by atoms with E-state index in [9.17, 15) is 9.59 Å². The molecule has 146 valence electrons. The van der Waals surface area contributed by atoms with E-state index < -0.39 is 11.8 Å². The van der Waals surface area contributed by atoms with Gasteiger partial charge in [-0.25, -0.2) is 0 Å². The Labute approximate surface area is 177 Å². The second-order valence-corrected chi connectivity index (χ2v) is 6.74. The number of nitrogens with one attached hydrogen (secondary N) is 2. The van der Waals surface area contributed by atoms with Gasteiger partial charge in [-0.15, -0.1) is 0 Å². The van der Waals surface area contributed by atoms with Gasteiger partial charge in [-0.2, -0.15) is 0 Å². The Morgan fingerprint density at radius 1 is 1.03 bits per heavy atom. The average molecular weight is 426 g/mol. The molecule has 0 radical (unpaired) electrons. The molecule has 3 aromatic rings. The van der Waals surface area contributed by atoms with Gasteiger partial charge >= 0.3 is 0 Å². The normalized spacial score (nSPS) is 10.7. The summed E-state index contributed by atoms with van der Waals surface area (Å²) in [6.07, 6.45) is 2.81. The molecule has 0 aliphatic carbocycles. The molecule has 0 aliphatic heterocycles. The highest BCUT2D eigenvalue weighted by atomic mass is 35.5. The van der Waals surface area contributed by atoms with E-state index >= 15 is 0 Å². The van der Waals surface area contributed by atoms with Gasteiger partial charge < -0.3 is 15.5 Å². The Bertz CT molecular complexity index is 1090. The van der Waals surface area contributed by atoms with Crippen LogP contribution in [0.15, 0.2) is 71.2 Å². The maximum Gasteiger partial charge on any atom is 0.250 e. The van der Waals surface area contributed by atoms with E-state index in [2.05, 4.69) is 10.6 Å². The van der Waals surface area contributed by atoms with Crippen LogP contribution in [0.2, 0.25) is 5.02 Å². The van der Waals surface area contributed by atoms with Gasteiger partial charge in [0.05, 0.1) is 11.3 Å². The van der Waals surface area contributed by atoms with Crippen molar-refractivity contribution in [2.45, 2.75) is 0 Å². The van der Waals surface area contributed by atoms with Crippen molar-refractivity contribution in [3.05, 3.63) is 83.1 Å². The van der Waals surface area contributed by atoms with Crippen LogP contribution in [0.3, 0.4) is 0 Å². The van der Waals surface area contributed by atoms with Crippen LogP contribution in [-0.4, -0.2) is 16.9 Å². The third-order valence-corrected chi connectivity index (χ3v) is 4.29. The summed E-state index contributed by atoms with van der Waals surface area (Å²) in [6, 6.07) is 17.4. The number of thiocarbonyl (C=S) groups is 1. The minimum absolute atomic E-state index is 0.0367. The summed E-state index contributed by atoms with van der Waals surface area (Å²) in [5.74, 6) is 0.102. The van der Waals surface area contributed by atoms with Gasteiger partial charge in [0.15, 0.2) is 5.11 Å². The Hall–Kier alpha value is -3.42. The first-order valence-electron chi connectivity index (χ1n) is 8.47. The minimum atomic E-state index is -0.601. The Kier molecular flexibility index (Phi) is 6.43. The first kappa shape index (κ1) is 20.3. The summed E-state index contributed by atoms with van der Waals surface area (Å²) in [6.45, 7) is 0. The molecule has 0 spiro atoms. The topological polar surface area (TPSA) is 97.4 Å². The number of hydrogen-bond donors (Lipinski definition) is 3. The summed E-state index contributed by atoms with van der Waals surface area (Å²) in [4.78, 5) is 23.5. The lowest BCUT2D eigenvalue weighted by atomic mass is 10.1. The monoisotopic (exact) mass is 425 g/mol. The van der Waals surface area contributed by atoms with E-state index in [0.29, 0.717) is 22.2 Å². The molecule has 8 heteroatoms. The van der Waals surface area contributed by atoms with Crippen LogP contribution in [-0.2, 0) is 4.79 Å². The first-order valence-corrected chi connectivity index (χ1v) is 9.25. The highest BCUT2D eigenvalue weighted by molar-refractivity contribution is 7.80. The molecule has 0 atom stereocenters. The summed E-state index contributed by atoms with van der Waals surface area (Å²) >= 11 is 11.0. The fourth-order valence-corrected chi connectivity index (χ4v) is 2.82. The smallest absolute Gasteiger partial charge is 0.250 e. The molecule has 0 bridgehead atoms. The third kappa shape index (κ3) is 5.54. The van der Waals surface area contributed by atoms with Crippen molar-refractivity contribution < 1.29 is 14.0 Å². The van der Waals surface area contributed by atoms with Gasteiger partial charge in [0, 0.05) is 16.7 Å². The number of rotatable bonds is 5. The van der Waals surface area contributed by atoms with Crippen LogP contribution in [0.1, 0.15) is 16.1 Å². The quantitative estimate of drug-likeness (QED) is 0.420. The lowest BCUT2D eigenvalue weighted by Gasteiger charge is -2.10. The van der Waals surface area contributed by atoms with Crippen molar-refractivity contribution in [2.75, 3.05) is 5.32 Å². The maximum atomic E-state index is 12.1. The van der Waals surface area contributed by atoms with Gasteiger partial charge in [0.2, 0.25) is 5.91 Å². The molecule has 1 heterocycles. The molecule has 0 saturated carbocycles. The van der Waals surface area contributed by atoms with Gasteiger partial charge in [-0.3, -0.25) is 14.9 Å². The van der Waals surface area contributed by atoms with E-state index in [-0.39, 0.29) is 10.7 Å². The fourth-order valence-electron chi connectivity index (χ4n) is 2.48. The molecular weight excluding hydrogens is 410 g/mol. The molecule has 2 aromatic carbocycles. The van der Waals surface area contributed by atoms with Crippen LogP contribution in [0.25, 0.3) is 17.4 Å². The van der Waals surface area contributed by atoms with Crippen molar-refractivity contribution in [3.8, 4) is 11.3 Å². The highest BCUT2D eigenvalue weighted by Gasteiger charge is 2.09.